The zero-order valence-electron chi connectivity index (χ0n) is 16.1. The van der Waals surface area contributed by atoms with Gasteiger partial charge in [-0.15, -0.1) is 0 Å². The second-order valence-corrected chi connectivity index (χ2v) is 7.63. The summed E-state index contributed by atoms with van der Waals surface area (Å²) in [4.78, 5) is 21.1. The van der Waals surface area contributed by atoms with Crippen molar-refractivity contribution in [3.63, 3.8) is 0 Å². The molecule has 4 rings (SSSR count). The van der Waals surface area contributed by atoms with Gasteiger partial charge < -0.3 is 19.3 Å². The molecule has 1 aliphatic heterocycles. The molecule has 0 saturated carbocycles. The van der Waals surface area contributed by atoms with Gasteiger partial charge >= 0.3 is 0 Å². The number of rotatable bonds is 6. The normalized spacial score (nSPS) is 14.3. The fourth-order valence-electron chi connectivity index (χ4n) is 3.26. The van der Waals surface area contributed by atoms with Crippen LogP contribution in [0.15, 0.2) is 42.5 Å². The third-order valence-corrected chi connectivity index (χ3v) is 5.84. The van der Waals surface area contributed by atoms with E-state index in [0.717, 1.165) is 21.1 Å². The van der Waals surface area contributed by atoms with Crippen LogP contribution in [0.1, 0.15) is 6.92 Å². The highest BCUT2D eigenvalue weighted by atomic mass is 32.1. The van der Waals surface area contributed by atoms with Crippen LogP contribution in [-0.2, 0) is 4.79 Å². The SMILES string of the molecule is CCOc1cccc2sc(N3CCN(C(=O)COc4ccccc4F)CC3)nc12. The molecule has 8 heteroatoms. The Morgan fingerprint density at radius 3 is 2.59 bits per heavy atom. The number of hydrogen-bond acceptors (Lipinski definition) is 6. The Balaban J connectivity index is 1.35. The number of hydrogen-bond donors (Lipinski definition) is 0. The van der Waals surface area contributed by atoms with Gasteiger partial charge in [-0.2, -0.15) is 0 Å². The van der Waals surface area contributed by atoms with E-state index in [-0.39, 0.29) is 18.3 Å². The molecule has 0 aliphatic carbocycles. The van der Waals surface area contributed by atoms with Gasteiger partial charge in [0.2, 0.25) is 0 Å². The number of anilines is 1. The number of para-hydroxylation sites is 2. The van der Waals surface area contributed by atoms with Gasteiger partial charge in [-0.3, -0.25) is 4.79 Å². The van der Waals surface area contributed by atoms with Gasteiger partial charge in [-0.25, -0.2) is 9.37 Å². The van der Waals surface area contributed by atoms with E-state index in [2.05, 4.69) is 4.90 Å². The Kier molecular flexibility index (Phi) is 5.80. The van der Waals surface area contributed by atoms with Crippen LogP contribution in [0.5, 0.6) is 11.5 Å². The maximum atomic E-state index is 13.6. The van der Waals surface area contributed by atoms with Crippen LogP contribution in [0.3, 0.4) is 0 Å². The van der Waals surface area contributed by atoms with Crippen molar-refractivity contribution in [2.45, 2.75) is 6.92 Å². The number of fused-ring (bicyclic) bond motifs is 1. The lowest BCUT2D eigenvalue weighted by Crippen LogP contribution is -2.50. The Bertz CT molecular complexity index is 1000. The summed E-state index contributed by atoms with van der Waals surface area (Å²) in [5.41, 5.74) is 0.881. The highest BCUT2D eigenvalue weighted by Crippen LogP contribution is 2.34. The van der Waals surface area contributed by atoms with Crippen molar-refractivity contribution in [3.8, 4) is 11.5 Å². The van der Waals surface area contributed by atoms with Crippen molar-refractivity contribution in [1.82, 2.24) is 9.88 Å². The average molecular weight is 415 g/mol. The molecule has 29 heavy (non-hydrogen) atoms. The lowest BCUT2D eigenvalue weighted by molar-refractivity contribution is -0.133. The van der Waals surface area contributed by atoms with Gasteiger partial charge in [0.15, 0.2) is 23.3 Å². The topological polar surface area (TPSA) is 54.9 Å². The molecule has 0 spiro atoms. The lowest BCUT2D eigenvalue weighted by atomic mass is 10.3. The van der Waals surface area contributed by atoms with Gasteiger partial charge in [-0.1, -0.05) is 29.5 Å². The van der Waals surface area contributed by atoms with Crippen molar-refractivity contribution < 1.29 is 18.7 Å². The molecule has 1 saturated heterocycles. The number of amides is 1. The predicted molar refractivity (Wildman–Crippen MR) is 111 cm³/mol. The third kappa shape index (κ3) is 4.27. The van der Waals surface area contributed by atoms with Gasteiger partial charge in [0.25, 0.3) is 5.91 Å². The number of ether oxygens (including phenoxy) is 2. The van der Waals surface area contributed by atoms with Gasteiger partial charge in [0.05, 0.1) is 11.3 Å². The first-order valence-corrected chi connectivity index (χ1v) is 10.4. The van der Waals surface area contributed by atoms with E-state index < -0.39 is 5.82 Å². The summed E-state index contributed by atoms with van der Waals surface area (Å²) >= 11 is 1.63. The first kappa shape index (κ1) is 19.4. The van der Waals surface area contributed by atoms with Crippen molar-refractivity contribution in [2.75, 3.05) is 44.3 Å². The molecular formula is C21H22FN3O3S. The highest BCUT2D eigenvalue weighted by molar-refractivity contribution is 7.22. The Morgan fingerprint density at radius 2 is 1.83 bits per heavy atom. The second kappa shape index (κ2) is 8.65. The van der Waals surface area contributed by atoms with E-state index in [0.29, 0.717) is 32.8 Å². The molecule has 6 nitrogen and oxygen atoms in total. The number of thiazole rings is 1. The molecule has 0 unspecified atom stereocenters. The Hall–Kier alpha value is -2.87. The van der Waals surface area contributed by atoms with Crippen molar-refractivity contribution in [2.24, 2.45) is 0 Å². The molecule has 0 bridgehead atoms. The maximum Gasteiger partial charge on any atom is 0.260 e. The lowest BCUT2D eigenvalue weighted by Gasteiger charge is -2.34. The largest absolute Gasteiger partial charge is 0.492 e. The van der Waals surface area contributed by atoms with Crippen molar-refractivity contribution in [3.05, 3.63) is 48.3 Å². The number of halogens is 1. The summed E-state index contributed by atoms with van der Waals surface area (Å²) in [5, 5.41) is 0.932. The third-order valence-electron chi connectivity index (χ3n) is 4.76. The number of aromatic nitrogens is 1. The summed E-state index contributed by atoms with van der Waals surface area (Å²) in [7, 11) is 0. The minimum absolute atomic E-state index is 0.0964. The molecule has 152 valence electrons. The van der Waals surface area contributed by atoms with Crippen LogP contribution in [0.25, 0.3) is 10.2 Å². The first-order chi connectivity index (χ1) is 14.2. The van der Waals surface area contributed by atoms with E-state index in [1.54, 1.807) is 28.4 Å². The Labute approximate surface area is 172 Å². The van der Waals surface area contributed by atoms with Gasteiger partial charge in [-0.05, 0) is 31.2 Å². The monoisotopic (exact) mass is 415 g/mol. The molecule has 1 aliphatic rings. The molecule has 2 aromatic carbocycles. The van der Waals surface area contributed by atoms with Crippen LogP contribution >= 0.6 is 11.3 Å². The molecule has 0 atom stereocenters. The number of carbonyl (C=O) groups excluding carboxylic acids is 1. The molecule has 3 aromatic rings. The van der Waals surface area contributed by atoms with E-state index in [4.69, 9.17) is 14.5 Å². The number of piperazine rings is 1. The van der Waals surface area contributed by atoms with Crippen LogP contribution in [0.4, 0.5) is 9.52 Å². The minimum Gasteiger partial charge on any atom is -0.492 e. The molecule has 0 N–H and O–H groups in total. The molecule has 1 aromatic heterocycles. The van der Waals surface area contributed by atoms with Crippen LogP contribution in [0, 0.1) is 5.82 Å². The van der Waals surface area contributed by atoms with Crippen LogP contribution in [-0.4, -0.2) is 55.2 Å². The molecule has 2 heterocycles. The molecule has 0 radical (unpaired) electrons. The average Bonchev–Trinajstić information content (AvgIpc) is 3.19. The van der Waals surface area contributed by atoms with Crippen molar-refractivity contribution in [1.29, 1.82) is 0 Å². The first-order valence-electron chi connectivity index (χ1n) is 9.58. The van der Waals surface area contributed by atoms with E-state index in [9.17, 15) is 9.18 Å². The maximum absolute atomic E-state index is 13.6. The predicted octanol–water partition coefficient (Wildman–Crippen LogP) is 3.56. The van der Waals surface area contributed by atoms with Crippen LogP contribution in [0.2, 0.25) is 0 Å². The number of nitrogens with zero attached hydrogens (tertiary/aromatic N) is 3. The standard InChI is InChI=1S/C21H22FN3O3S/c1-2-27-17-8-5-9-18-20(17)23-21(29-18)25-12-10-24(11-13-25)19(26)14-28-16-7-4-3-6-15(16)22/h3-9H,2,10-14H2,1H3. The van der Waals surface area contributed by atoms with Gasteiger partial charge in [0.1, 0.15) is 11.3 Å². The van der Waals surface area contributed by atoms with Crippen molar-refractivity contribution >= 4 is 32.6 Å². The Morgan fingerprint density at radius 1 is 1.07 bits per heavy atom. The van der Waals surface area contributed by atoms with E-state index in [1.165, 1.54) is 12.1 Å². The molecule has 1 fully saturated rings. The summed E-state index contributed by atoms with van der Waals surface area (Å²) in [6, 6.07) is 12.0. The second-order valence-electron chi connectivity index (χ2n) is 6.62. The number of benzene rings is 2. The molecule has 1 amide bonds. The zero-order valence-corrected chi connectivity index (χ0v) is 17.0. The summed E-state index contributed by atoms with van der Waals surface area (Å²) in [6.45, 7) is 4.92. The fraction of sp³-hybridized carbons (Fsp3) is 0.333. The van der Waals surface area contributed by atoms with E-state index >= 15 is 0 Å². The summed E-state index contributed by atoms with van der Waals surface area (Å²) < 4.78 is 25.7. The fourth-order valence-corrected chi connectivity index (χ4v) is 4.29. The smallest absolute Gasteiger partial charge is 0.260 e. The highest BCUT2D eigenvalue weighted by Gasteiger charge is 2.24. The molecular weight excluding hydrogens is 393 g/mol. The van der Waals surface area contributed by atoms with Crippen LogP contribution < -0.4 is 14.4 Å². The zero-order chi connectivity index (χ0) is 20.2. The summed E-state index contributed by atoms with van der Waals surface area (Å²) in [5.74, 6) is 0.286. The number of carbonyl (C=O) groups is 1. The minimum atomic E-state index is -0.465. The summed E-state index contributed by atoms with van der Waals surface area (Å²) in [6.07, 6.45) is 0. The quantitative estimate of drug-likeness (QED) is 0.616. The van der Waals surface area contributed by atoms with Gasteiger partial charge in [0, 0.05) is 26.2 Å². The van der Waals surface area contributed by atoms with E-state index in [1.807, 2.05) is 25.1 Å².